The fourth-order valence-electron chi connectivity index (χ4n) is 1.37. The normalized spacial score (nSPS) is 17.2. The fraction of sp³-hybridized carbons (Fsp3) is 0.167. The van der Waals surface area contributed by atoms with Gasteiger partial charge in [0.25, 0.3) is 0 Å². The van der Waals surface area contributed by atoms with Gasteiger partial charge in [-0.15, -0.1) is 0 Å². The molecule has 4 heteroatoms. The van der Waals surface area contributed by atoms with Crippen LogP contribution in [0.4, 0.5) is 0 Å². The van der Waals surface area contributed by atoms with E-state index >= 15 is 0 Å². The van der Waals surface area contributed by atoms with E-state index in [0.717, 1.165) is 11.3 Å². The van der Waals surface area contributed by atoms with Gasteiger partial charge in [0.1, 0.15) is 5.75 Å². The van der Waals surface area contributed by atoms with Gasteiger partial charge in [0.15, 0.2) is 11.6 Å². The van der Waals surface area contributed by atoms with Crippen molar-refractivity contribution < 1.29 is 14.3 Å². The molecule has 1 aliphatic rings. The smallest absolute Gasteiger partial charge is 0.363 e. The van der Waals surface area contributed by atoms with E-state index in [4.69, 9.17) is 9.47 Å². The number of carbonyl (C=O) groups is 1. The van der Waals surface area contributed by atoms with Crippen LogP contribution in [0.25, 0.3) is 6.08 Å². The van der Waals surface area contributed by atoms with Crippen LogP contribution in [0, 0.1) is 0 Å². The maximum Gasteiger partial charge on any atom is 0.363 e. The molecule has 2 rings (SSSR count). The molecule has 1 aromatic carbocycles. The number of carbonyl (C=O) groups excluding carboxylic acids is 1. The summed E-state index contributed by atoms with van der Waals surface area (Å²) in [5.41, 5.74) is 1.20. The van der Waals surface area contributed by atoms with Gasteiger partial charge in [0.05, 0.1) is 7.11 Å². The SMILES string of the molecule is COc1ccc(/C=C2/N=C(C)OC2=O)cc1. The zero-order chi connectivity index (χ0) is 11.5. The predicted molar refractivity (Wildman–Crippen MR) is 60.2 cm³/mol. The van der Waals surface area contributed by atoms with Crippen molar-refractivity contribution in [3.8, 4) is 5.75 Å². The second-order valence-corrected chi connectivity index (χ2v) is 3.32. The summed E-state index contributed by atoms with van der Waals surface area (Å²) in [5, 5.41) is 0. The molecule has 0 bridgehead atoms. The van der Waals surface area contributed by atoms with Crippen LogP contribution in [-0.2, 0) is 9.53 Å². The van der Waals surface area contributed by atoms with E-state index in [-0.39, 0.29) is 0 Å². The standard InChI is InChI=1S/C12H11NO3/c1-8-13-11(12(14)16-8)7-9-3-5-10(15-2)6-4-9/h3-7H,1-2H3/b11-7+. The van der Waals surface area contributed by atoms with E-state index in [0.29, 0.717) is 11.6 Å². The molecular weight excluding hydrogens is 206 g/mol. The number of rotatable bonds is 2. The lowest BCUT2D eigenvalue weighted by atomic mass is 10.2. The molecule has 0 aromatic heterocycles. The topological polar surface area (TPSA) is 47.9 Å². The highest BCUT2D eigenvalue weighted by molar-refractivity contribution is 6.06. The minimum atomic E-state index is -0.409. The first-order valence-electron chi connectivity index (χ1n) is 4.82. The lowest BCUT2D eigenvalue weighted by Crippen LogP contribution is -1.99. The molecule has 0 amide bonds. The Morgan fingerprint density at radius 3 is 2.50 bits per heavy atom. The largest absolute Gasteiger partial charge is 0.497 e. The van der Waals surface area contributed by atoms with Crippen LogP contribution < -0.4 is 4.74 Å². The van der Waals surface area contributed by atoms with Crippen molar-refractivity contribution in [3.63, 3.8) is 0 Å². The summed E-state index contributed by atoms with van der Waals surface area (Å²) in [6, 6.07) is 7.34. The average Bonchev–Trinajstić information content (AvgIpc) is 2.59. The van der Waals surface area contributed by atoms with Gasteiger partial charge < -0.3 is 9.47 Å². The summed E-state index contributed by atoms with van der Waals surface area (Å²) in [6.45, 7) is 1.65. The molecule has 0 saturated carbocycles. The third kappa shape index (κ3) is 2.11. The molecule has 1 aliphatic heterocycles. The first kappa shape index (κ1) is 10.4. The fourth-order valence-corrected chi connectivity index (χ4v) is 1.37. The van der Waals surface area contributed by atoms with Gasteiger partial charge in [-0.05, 0) is 23.8 Å². The highest BCUT2D eigenvalue weighted by Crippen LogP contribution is 2.17. The Bertz CT molecular complexity index is 472. The van der Waals surface area contributed by atoms with Crippen LogP contribution in [0.15, 0.2) is 35.0 Å². The minimum absolute atomic E-state index is 0.322. The van der Waals surface area contributed by atoms with Crippen molar-refractivity contribution >= 4 is 17.9 Å². The predicted octanol–water partition coefficient (Wildman–Crippen LogP) is 2.01. The van der Waals surface area contributed by atoms with E-state index in [1.165, 1.54) is 0 Å². The molecule has 0 radical (unpaired) electrons. The molecule has 0 fully saturated rings. The molecule has 0 aliphatic carbocycles. The lowest BCUT2D eigenvalue weighted by molar-refractivity contribution is -0.130. The highest BCUT2D eigenvalue weighted by Gasteiger charge is 2.19. The zero-order valence-corrected chi connectivity index (χ0v) is 9.06. The third-order valence-corrected chi connectivity index (χ3v) is 2.15. The molecule has 0 spiro atoms. The second kappa shape index (κ2) is 4.18. The highest BCUT2D eigenvalue weighted by atomic mass is 16.6. The van der Waals surface area contributed by atoms with Crippen molar-refractivity contribution in [1.29, 1.82) is 0 Å². The summed E-state index contributed by atoms with van der Waals surface area (Å²) in [6.07, 6.45) is 1.68. The first-order chi connectivity index (χ1) is 7.69. The number of cyclic esters (lactones) is 1. The first-order valence-corrected chi connectivity index (χ1v) is 4.82. The molecule has 0 atom stereocenters. The van der Waals surface area contributed by atoms with E-state index < -0.39 is 5.97 Å². The number of aliphatic imine (C=N–C) groups is 1. The summed E-state index contributed by atoms with van der Waals surface area (Å²) in [7, 11) is 1.61. The third-order valence-electron chi connectivity index (χ3n) is 2.15. The Balaban J connectivity index is 2.26. The summed E-state index contributed by atoms with van der Waals surface area (Å²) < 4.78 is 9.85. The van der Waals surface area contributed by atoms with E-state index in [1.807, 2.05) is 24.3 Å². The zero-order valence-electron chi connectivity index (χ0n) is 9.06. The van der Waals surface area contributed by atoms with Crippen molar-refractivity contribution in [2.24, 2.45) is 4.99 Å². The number of ether oxygens (including phenoxy) is 2. The quantitative estimate of drug-likeness (QED) is 0.562. The van der Waals surface area contributed by atoms with E-state index in [2.05, 4.69) is 4.99 Å². The van der Waals surface area contributed by atoms with Crippen molar-refractivity contribution in [2.75, 3.05) is 7.11 Å². The molecule has 1 heterocycles. The number of nitrogens with zero attached hydrogens (tertiary/aromatic N) is 1. The summed E-state index contributed by atoms with van der Waals surface area (Å²) in [4.78, 5) is 15.3. The number of hydrogen-bond donors (Lipinski definition) is 0. The Morgan fingerprint density at radius 2 is 2.00 bits per heavy atom. The Kier molecular flexibility index (Phi) is 2.72. The lowest BCUT2D eigenvalue weighted by Gasteiger charge is -1.99. The van der Waals surface area contributed by atoms with Gasteiger partial charge in [-0.25, -0.2) is 9.79 Å². The summed E-state index contributed by atoms with van der Waals surface area (Å²) in [5.74, 6) is 0.744. The van der Waals surface area contributed by atoms with Crippen LogP contribution in [0.5, 0.6) is 5.75 Å². The molecule has 0 unspecified atom stereocenters. The van der Waals surface area contributed by atoms with Crippen molar-refractivity contribution in [3.05, 3.63) is 35.5 Å². The Labute approximate surface area is 93.2 Å². The van der Waals surface area contributed by atoms with Gasteiger partial charge in [0.2, 0.25) is 0 Å². The molecule has 0 saturated heterocycles. The van der Waals surface area contributed by atoms with Crippen molar-refractivity contribution in [2.45, 2.75) is 6.92 Å². The Morgan fingerprint density at radius 1 is 1.31 bits per heavy atom. The Hall–Kier alpha value is -2.10. The van der Waals surface area contributed by atoms with Gasteiger partial charge in [0, 0.05) is 6.92 Å². The van der Waals surface area contributed by atoms with Gasteiger partial charge in [-0.2, -0.15) is 0 Å². The van der Waals surface area contributed by atoms with E-state index in [1.54, 1.807) is 20.1 Å². The second-order valence-electron chi connectivity index (χ2n) is 3.32. The minimum Gasteiger partial charge on any atom is -0.497 e. The molecule has 82 valence electrons. The number of esters is 1. The monoisotopic (exact) mass is 217 g/mol. The summed E-state index contributed by atoms with van der Waals surface area (Å²) >= 11 is 0. The number of benzene rings is 1. The molecule has 0 N–H and O–H groups in total. The van der Waals surface area contributed by atoms with Crippen LogP contribution in [0.2, 0.25) is 0 Å². The maximum absolute atomic E-state index is 11.3. The maximum atomic E-state index is 11.3. The van der Waals surface area contributed by atoms with Crippen LogP contribution in [-0.4, -0.2) is 19.0 Å². The number of hydrogen-bond acceptors (Lipinski definition) is 4. The number of methoxy groups -OCH3 is 1. The van der Waals surface area contributed by atoms with Gasteiger partial charge >= 0.3 is 5.97 Å². The van der Waals surface area contributed by atoms with Crippen LogP contribution in [0.3, 0.4) is 0 Å². The molecule has 16 heavy (non-hydrogen) atoms. The van der Waals surface area contributed by atoms with Crippen molar-refractivity contribution in [1.82, 2.24) is 0 Å². The molecule has 4 nitrogen and oxygen atoms in total. The van der Waals surface area contributed by atoms with E-state index in [9.17, 15) is 4.79 Å². The van der Waals surface area contributed by atoms with Crippen LogP contribution >= 0.6 is 0 Å². The average molecular weight is 217 g/mol. The van der Waals surface area contributed by atoms with Crippen LogP contribution in [0.1, 0.15) is 12.5 Å². The molecular formula is C12H11NO3. The molecule has 1 aromatic rings. The van der Waals surface area contributed by atoms with Gasteiger partial charge in [-0.3, -0.25) is 0 Å². The van der Waals surface area contributed by atoms with Gasteiger partial charge in [-0.1, -0.05) is 12.1 Å².